The van der Waals surface area contributed by atoms with Crippen molar-refractivity contribution in [1.29, 1.82) is 0 Å². The summed E-state index contributed by atoms with van der Waals surface area (Å²) in [7, 11) is 1.55. The van der Waals surface area contributed by atoms with E-state index in [0.29, 0.717) is 23.7 Å². The van der Waals surface area contributed by atoms with Gasteiger partial charge in [-0.05, 0) is 48.8 Å². The Morgan fingerprint density at radius 2 is 1.69 bits per heavy atom. The number of rotatable bonds is 5. The Labute approximate surface area is 171 Å². The van der Waals surface area contributed by atoms with Gasteiger partial charge < -0.3 is 14.7 Å². The third kappa shape index (κ3) is 3.61. The minimum atomic E-state index is -0.921. The van der Waals surface area contributed by atoms with Gasteiger partial charge in [0.15, 0.2) is 0 Å². The highest BCUT2D eigenvalue weighted by molar-refractivity contribution is 6.05. The highest BCUT2D eigenvalue weighted by Gasteiger charge is 2.45. The second kappa shape index (κ2) is 8.27. The maximum absolute atomic E-state index is 13.9. The molecular formula is C24H27NO4. The molecule has 1 saturated heterocycles. The molecule has 2 atom stereocenters. The standard InChI is InChI=1S/C24H27NO4/c1-29-21-13-7-12-18(16-8-3-2-4-9-16)22(21)23(26)25-19(17-10-5-6-11-17)14-15-20(25)24(27)28/h2-4,7-9,12-13,17,19-20H,5-6,10-11,14-15H2,1H3,(H,27,28). The molecule has 2 aromatic carbocycles. The molecule has 2 fully saturated rings. The topological polar surface area (TPSA) is 66.8 Å². The highest BCUT2D eigenvalue weighted by Crippen LogP contribution is 2.41. The van der Waals surface area contributed by atoms with Gasteiger partial charge >= 0.3 is 5.97 Å². The summed E-state index contributed by atoms with van der Waals surface area (Å²) < 4.78 is 5.55. The van der Waals surface area contributed by atoms with E-state index in [1.807, 2.05) is 42.5 Å². The molecule has 2 unspecified atom stereocenters. The van der Waals surface area contributed by atoms with E-state index in [9.17, 15) is 14.7 Å². The van der Waals surface area contributed by atoms with E-state index in [1.54, 1.807) is 18.1 Å². The summed E-state index contributed by atoms with van der Waals surface area (Å²) in [5.74, 6) is -0.283. The number of benzene rings is 2. The summed E-state index contributed by atoms with van der Waals surface area (Å²) in [4.78, 5) is 27.5. The van der Waals surface area contributed by atoms with Crippen LogP contribution < -0.4 is 4.74 Å². The number of ether oxygens (including phenoxy) is 1. The number of carboxylic acids is 1. The van der Waals surface area contributed by atoms with Gasteiger partial charge in [0, 0.05) is 6.04 Å². The van der Waals surface area contributed by atoms with Crippen molar-refractivity contribution >= 4 is 11.9 Å². The number of carbonyl (C=O) groups is 2. The molecule has 1 heterocycles. The Bertz CT molecular complexity index is 889. The number of likely N-dealkylation sites (tertiary alicyclic amines) is 1. The fourth-order valence-corrected chi connectivity index (χ4v) is 5.09. The highest BCUT2D eigenvalue weighted by atomic mass is 16.5. The molecule has 2 aliphatic rings. The number of hydrogen-bond donors (Lipinski definition) is 1. The van der Waals surface area contributed by atoms with Gasteiger partial charge in [-0.15, -0.1) is 0 Å². The number of methoxy groups -OCH3 is 1. The van der Waals surface area contributed by atoms with Gasteiger partial charge in [0.25, 0.3) is 5.91 Å². The molecule has 0 spiro atoms. The fraction of sp³-hybridized carbons (Fsp3) is 0.417. The fourth-order valence-electron chi connectivity index (χ4n) is 5.09. The average molecular weight is 393 g/mol. The van der Waals surface area contributed by atoms with Crippen molar-refractivity contribution in [2.24, 2.45) is 5.92 Å². The van der Waals surface area contributed by atoms with Crippen LogP contribution in [0.3, 0.4) is 0 Å². The minimum absolute atomic E-state index is 0.0142. The third-order valence-electron chi connectivity index (χ3n) is 6.44. The lowest BCUT2D eigenvalue weighted by Gasteiger charge is -2.33. The first kappa shape index (κ1) is 19.5. The van der Waals surface area contributed by atoms with Crippen molar-refractivity contribution in [2.75, 3.05) is 7.11 Å². The van der Waals surface area contributed by atoms with Crippen LogP contribution in [-0.4, -0.2) is 41.1 Å². The van der Waals surface area contributed by atoms with E-state index in [4.69, 9.17) is 4.74 Å². The predicted molar refractivity (Wildman–Crippen MR) is 111 cm³/mol. The smallest absolute Gasteiger partial charge is 0.326 e. The first-order chi connectivity index (χ1) is 14.1. The molecule has 152 valence electrons. The molecule has 2 aromatic rings. The maximum atomic E-state index is 13.9. The summed E-state index contributed by atoms with van der Waals surface area (Å²) in [6.07, 6.45) is 5.72. The molecule has 1 aliphatic carbocycles. The SMILES string of the molecule is COc1cccc(-c2ccccc2)c1C(=O)N1C(C(=O)O)CCC1C1CCCC1. The van der Waals surface area contributed by atoms with Gasteiger partial charge in [-0.25, -0.2) is 4.79 Å². The summed E-state index contributed by atoms with van der Waals surface area (Å²) in [6.45, 7) is 0. The van der Waals surface area contributed by atoms with E-state index in [2.05, 4.69) is 0 Å². The van der Waals surface area contributed by atoms with Gasteiger partial charge in [-0.1, -0.05) is 55.3 Å². The number of carboxylic acid groups (broad SMARTS) is 1. The Morgan fingerprint density at radius 1 is 0.966 bits per heavy atom. The second-order valence-corrected chi connectivity index (χ2v) is 8.00. The maximum Gasteiger partial charge on any atom is 0.326 e. The van der Waals surface area contributed by atoms with Gasteiger partial charge in [-0.3, -0.25) is 4.79 Å². The van der Waals surface area contributed by atoms with E-state index in [0.717, 1.165) is 43.2 Å². The Morgan fingerprint density at radius 3 is 2.34 bits per heavy atom. The van der Waals surface area contributed by atoms with Crippen LogP contribution in [0.4, 0.5) is 0 Å². The number of hydrogen-bond acceptors (Lipinski definition) is 3. The molecule has 0 aromatic heterocycles. The molecule has 1 amide bonds. The minimum Gasteiger partial charge on any atom is -0.496 e. The van der Waals surface area contributed by atoms with E-state index in [-0.39, 0.29) is 11.9 Å². The molecule has 1 N–H and O–H groups in total. The molecular weight excluding hydrogens is 366 g/mol. The van der Waals surface area contributed by atoms with Gasteiger partial charge in [-0.2, -0.15) is 0 Å². The zero-order valence-corrected chi connectivity index (χ0v) is 16.7. The number of aliphatic carboxylic acids is 1. The monoisotopic (exact) mass is 393 g/mol. The van der Waals surface area contributed by atoms with Crippen molar-refractivity contribution in [3.63, 3.8) is 0 Å². The normalized spacial score (nSPS) is 22.0. The van der Waals surface area contributed by atoms with Crippen LogP contribution in [0, 0.1) is 5.92 Å². The van der Waals surface area contributed by atoms with Crippen molar-refractivity contribution in [3.8, 4) is 16.9 Å². The lowest BCUT2D eigenvalue weighted by atomic mass is 9.94. The van der Waals surface area contributed by atoms with E-state index >= 15 is 0 Å². The van der Waals surface area contributed by atoms with E-state index < -0.39 is 12.0 Å². The van der Waals surface area contributed by atoms with Gasteiger partial charge in [0.1, 0.15) is 11.8 Å². The zero-order chi connectivity index (χ0) is 20.4. The molecule has 5 nitrogen and oxygen atoms in total. The molecule has 5 heteroatoms. The van der Waals surface area contributed by atoms with Crippen LogP contribution in [0.25, 0.3) is 11.1 Å². The Hall–Kier alpha value is -2.82. The van der Waals surface area contributed by atoms with Crippen LogP contribution in [0.2, 0.25) is 0 Å². The van der Waals surface area contributed by atoms with Crippen molar-refractivity contribution in [3.05, 3.63) is 54.1 Å². The largest absolute Gasteiger partial charge is 0.496 e. The van der Waals surface area contributed by atoms with Crippen molar-refractivity contribution < 1.29 is 19.4 Å². The van der Waals surface area contributed by atoms with Crippen LogP contribution in [0.15, 0.2) is 48.5 Å². The molecule has 1 aliphatic heterocycles. The van der Waals surface area contributed by atoms with Gasteiger partial charge in [0.05, 0.1) is 12.7 Å². The lowest BCUT2D eigenvalue weighted by molar-refractivity contribution is -0.141. The Kier molecular flexibility index (Phi) is 5.56. The van der Waals surface area contributed by atoms with Crippen molar-refractivity contribution in [2.45, 2.75) is 50.6 Å². The lowest BCUT2D eigenvalue weighted by Crippen LogP contribution is -2.47. The summed E-state index contributed by atoms with van der Waals surface area (Å²) in [5, 5.41) is 9.83. The number of nitrogens with zero attached hydrogens (tertiary/aromatic N) is 1. The first-order valence-corrected chi connectivity index (χ1v) is 10.4. The summed E-state index contributed by atoms with van der Waals surface area (Å²) in [5.41, 5.74) is 2.15. The Balaban J connectivity index is 1.80. The van der Waals surface area contributed by atoms with Gasteiger partial charge in [0.2, 0.25) is 0 Å². The third-order valence-corrected chi connectivity index (χ3v) is 6.44. The molecule has 0 bridgehead atoms. The number of amides is 1. The van der Waals surface area contributed by atoms with Crippen LogP contribution in [0.1, 0.15) is 48.9 Å². The van der Waals surface area contributed by atoms with Crippen LogP contribution in [0.5, 0.6) is 5.75 Å². The summed E-state index contributed by atoms with van der Waals surface area (Å²) >= 11 is 0. The van der Waals surface area contributed by atoms with Crippen LogP contribution in [-0.2, 0) is 4.79 Å². The molecule has 0 radical (unpaired) electrons. The van der Waals surface area contributed by atoms with E-state index in [1.165, 1.54) is 0 Å². The predicted octanol–water partition coefficient (Wildman–Crippen LogP) is 4.61. The molecule has 1 saturated carbocycles. The average Bonchev–Trinajstić information content (AvgIpc) is 3.42. The number of carbonyl (C=O) groups excluding carboxylic acids is 1. The first-order valence-electron chi connectivity index (χ1n) is 10.4. The molecule has 4 rings (SSSR count). The molecule has 29 heavy (non-hydrogen) atoms. The second-order valence-electron chi connectivity index (χ2n) is 8.00. The quantitative estimate of drug-likeness (QED) is 0.806. The zero-order valence-electron chi connectivity index (χ0n) is 16.7. The van der Waals surface area contributed by atoms with Crippen molar-refractivity contribution in [1.82, 2.24) is 4.90 Å². The van der Waals surface area contributed by atoms with Crippen LogP contribution >= 0.6 is 0 Å². The summed E-state index contributed by atoms with van der Waals surface area (Å²) in [6, 6.07) is 14.5.